The van der Waals surface area contributed by atoms with Gasteiger partial charge >= 0.3 is 0 Å². The molecule has 0 saturated carbocycles. The van der Waals surface area contributed by atoms with E-state index < -0.39 is 0 Å². The monoisotopic (exact) mass is 226 g/mol. The lowest BCUT2D eigenvalue weighted by molar-refractivity contribution is 0.190. The van der Waals surface area contributed by atoms with Gasteiger partial charge in [0.1, 0.15) is 0 Å². The van der Waals surface area contributed by atoms with Gasteiger partial charge in [0.05, 0.1) is 0 Å². The Hall–Kier alpha value is -0.0800. The fourth-order valence-corrected chi connectivity index (χ4v) is 2.81. The Kier molecular flexibility index (Phi) is 7.87. The molecule has 1 aliphatic rings. The number of hydrogen-bond acceptors (Lipinski definition) is 2. The van der Waals surface area contributed by atoms with Gasteiger partial charge in [0.25, 0.3) is 0 Å². The van der Waals surface area contributed by atoms with E-state index >= 15 is 0 Å². The van der Waals surface area contributed by atoms with Crippen LogP contribution in [0.4, 0.5) is 0 Å². The largest absolute Gasteiger partial charge is 0.330 e. The lowest BCUT2D eigenvalue weighted by atomic mass is 10.1. The molecule has 0 bridgehead atoms. The Labute approximate surface area is 102 Å². The van der Waals surface area contributed by atoms with Crippen molar-refractivity contribution in [3.63, 3.8) is 0 Å². The number of rotatable bonds is 7. The van der Waals surface area contributed by atoms with Crippen molar-refractivity contribution in [1.82, 2.24) is 4.90 Å². The molecule has 1 aliphatic heterocycles. The van der Waals surface area contributed by atoms with E-state index in [1.165, 1.54) is 70.9 Å². The number of likely N-dealkylation sites (tertiary alicyclic amines) is 1. The minimum Gasteiger partial charge on any atom is -0.330 e. The van der Waals surface area contributed by atoms with Crippen LogP contribution in [-0.4, -0.2) is 30.6 Å². The second kappa shape index (κ2) is 9.00. The molecule has 96 valence electrons. The number of hydrogen-bond donors (Lipinski definition) is 1. The first-order valence-corrected chi connectivity index (χ1v) is 7.32. The Morgan fingerprint density at radius 3 is 2.62 bits per heavy atom. The third kappa shape index (κ3) is 5.31. The number of nitrogens with two attached hydrogens (primary N) is 1. The van der Waals surface area contributed by atoms with Gasteiger partial charge in [-0.25, -0.2) is 0 Å². The van der Waals surface area contributed by atoms with Crippen molar-refractivity contribution in [2.24, 2.45) is 5.73 Å². The van der Waals surface area contributed by atoms with Crippen molar-refractivity contribution < 1.29 is 0 Å². The van der Waals surface area contributed by atoms with Crippen LogP contribution in [0.3, 0.4) is 0 Å². The molecule has 0 aromatic heterocycles. The molecule has 1 unspecified atom stereocenters. The van der Waals surface area contributed by atoms with Crippen LogP contribution >= 0.6 is 0 Å². The van der Waals surface area contributed by atoms with E-state index in [0.29, 0.717) is 0 Å². The van der Waals surface area contributed by atoms with Crippen molar-refractivity contribution >= 4 is 0 Å². The van der Waals surface area contributed by atoms with E-state index in [1.54, 1.807) is 0 Å². The molecular weight excluding hydrogens is 196 g/mol. The summed E-state index contributed by atoms with van der Waals surface area (Å²) in [5.74, 6) is 0. The first-order chi connectivity index (χ1) is 7.88. The molecule has 1 heterocycles. The Bertz CT molecular complexity index is 159. The normalized spacial score (nSPS) is 23.2. The van der Waals surface area contributed by atoms with Gasteiger partial charge in [-0.05, 0) is 51.7 Å². The summed E-state index contributed by atoms with van der Waals surface area (Å²) >= 11 is 0. The van der Waals surface area contributed by atoms with Crippen molar-refractivity contribution in [2.45, 2.75) is 70.8 Å². The Morgan fingerprint density at radius 2 is 1.88 bits per heavy atom. The van der Waals surface area contributed by atoms with E-state index in [1.807, 2.05) is 0 Å². The molecule has 0 radical (unpaired) electrons. The molecule has 2 nitrogen and oxygen atoms in total. The molecule has 0 spiro atoms. The average molecular weight is 226 g/mol. The lowest BCUT2D eigenvalue weighted by Gasteiger charge is -2.29. The van der Waals surface area contributed by atoms with Gasteiger partial charge in [0.15, 0.2) is 0 Å². The number of unbranched alkanes of at least 4 members (excludes halogenated alkanes) is 3. The van der Waals surface area contributed by atoms with Crippen LogP contribution in [0.15, 0.2) is 0 Å². The van der Waals surface area contributed by atoms with E-state index in [4.69, 9.17) is 5.73 Å². The predicted molar refractivity (Wildman–Crippen MR) is 71.6 cm³/mol. The Balaban J connectivity index is 2.15. The predicted octanol–water partition coefficient (Wildman–Crippen LogP) is 3.16. The van der Waals surface area contributed by atoms with Gasteiger partial charge in [0.2, 0.25) is 0 Å². The fraction of sp³-hybridized carbons (Fsp3) is 1.00. The lowest BCUT2D eigenvalue weighted by Crippen LogP contribution is -2.35. The second-order valence-corrected chi connectivity index (χ2v) is 5.15. The van der Waals surface area contributed by atoms with Crippen LogP contribution in [0.1, 0.15) is 64.7 Å². The first kappa shape index (κ1) is 14.0. The topological polar surface area (TPSA) is 29.3 Å². The zero-order valence-corrected chi connectivity index (χ0v) is 11.1. The van der Waals surface area contributed by atoms with Crippen LogP contribution in [0.25, 0.3) is 0 Å². The molecular formula is C14H30N2. The van der Waals surface area contributed by atoms with E-state index in [9.17, 15) is 0 Å². The van der Waals surface area contributed by atoms with Crippen molar-refractivity contribution in [3.05, 3.63) is 0 Å². The van der Waals surface area contributed by atoms with Crippen LogP contribution in [0.2, 0.25) is 0 Å². The van der Waals surface area contributed by atoms with E-state index in [-0.39, 0.29) is 0 Å². The quantitative estimate of drug-likeness (QED) is 0.676. The maximum absolute atomic E-state index is 5.51. The molecule has 0 aromatic carbocycles. The van der Waals surface area contributed by atoms with Crippen LogP contribution in [0, 0.1) is 0 Å². The van der Waals surface area contributed by atoms with Crippen molar-refractivity contribution in [2.75, 3.05) is 19.6 Å². The second-order valence-electron chi connectivity index (χ2n) is 5.15. The third-order valence-electron chi connectivity index (χ3n) is 3.87. The first-order valence-electron chi connectivity index (χ1n) is 7.32. The van der Waals surface area contributed by atoms with Gasteiger partial charge in [-0.3, -0.25) is 0 Å². The summed E-state index contributed by atoms with van der Waals surface area (Å²) in [6, 6.07) is 0.872. The van der Waals surface area contributed by atoms with Gasteiger partial charge in [0, 0.05) is 6.04 Å². The van der Waals surface area contributed by atoms with Gasteiger partial charge < -0.3 is 10.6 Å². The molecule has 0 aromatic rings. The maximum Gasteiger partial charge on any atom is 0.00926 e. The van der Waals surface area contributed by atoms with Crippen molar-refractivity contribution in [1.29, 1.82) is 0 Å². The molecule has 1 fully saturated rings. The summed E-state index contributed by atoms with van der Waals surface area (Å²) < 4.78 is 0. The summed E-state index contributed by atoms with van der Waals surface area (Å²) in [6.45, 7) is 5.87. The maximum atomic E-state index is 5.51. The molecule has 1 rings (SSSR count). The molecule has 0 amide bonds. The summed E-state index contributed by atoms with van der Waals surface area (Å²) in [5.41, 5.74) is 5.51. The average Bonchev–Trinajstić information content (AvgIpc) is 2.53. The SMILES string of the molecule is CCC1CCCCCN1CCCCCCN. The smallest absolute Gasteiger partial charge is 0.00926 e. The molecule has 1 saturated heterocycles. The number of nitrogens with zero attached hydrogens (tertiary/aromatic N) is 1. The van der Waals surface area contributed by atoms with E-state index in [0.717, 1.165) is 12.6 Å². The zero-order valence-electron chi connectivity index (χ0n) is 11.1. The molecule has 2 N–H and O–H groups in total. The molecule has 0 aliphatic carbocycles. The summed E-state index contributed by atoms with van der Waals surface area (Å²) in [7, 11) is 0. The van der Waals surface area contributed by atoms with Crippen LogP contribution < -0.4 is 5.73 Å². The zero-order chi connectivity index (χ0) is 11.6. The fourth-order valence-electron chi connectivity index (χ4n) is 2.81. The summed E-state index contributed by atoms with van der Waals surface area (Å²) in [4.78, 5) is 2.75. The summed E-state index contributed by atoms with van der Waals surface area (Å²) in [6.07, 6.45) is 12.3. The standard InChI is InChI=1S/C14H30N2/c1-2-14-10-6-5-9-13-16(14)12-8-4-3-7-11-15/h14H,2-13,15H2,1H3. The van der Waals surface area contributed by atoms with Gasteiger partial charge in [-0.2, -0.15) is 0 Å². The molecule has 1 atom stereocenters. The Morgan fingerprint density at radius 1 is 1.06 bits per heavy atom. The third-order valence-corrected chi connectivity index (χ3v) is 3.87. The molecule has 2 heteroatoms. The van der Waals surface area contributed by atoms with Crippen molar-refractivity contribution in [3.8, 4) is 0 Å². The highest BCUT2D eigenvalue weighted by atomic mass is 15.1. The minimum atomic E-state index is 0.862. The van der Waals surface area contributed by atoms with Gasteiger partial charge in [-0.1, -0.05) is 32.6 Å². The van der Waals surface area contributed by atoms with E-state index in [2.05, 4.69) is 11.8 Å². The van der Waals surface area contributed by atoms with Gasteiger partial charge in [-0.15, -0.1) is 0 Å². The highest BCUT2D eigenvalue weighted by Crippen LogP contribution is 2.19. The highest BCUT2D eigenvalue weighted by molar-refractivity contribution is 4.74. The summed E-state index contributed by atoms with van der Waals surface area (Å²) in [5, 5.41) is 0. The minimum absolute atomic E-state index is 0.862. The van der Waals surface area contributed by atoms with Crippen LogP contribution in [0.5, 0.6) is 0 Å². The highest BCUT2D eigenvalue weighted by Gasteiger charge is 2.18. The van der Waals surface area contributed by atoms with Crippen LogP contribution in [-0.2, 0) is 0 Å². The molecule has 16 heavy (non-hydrogen) atoms.